The largest absolute Gasteiger partial charge is 0.385 e. The standard InChI is InChI=1S/C11H16FN/c1-9(2)6-7-13-11-5-3-4-10(12)8-11/h3-5,8-9,13H,6-7H2,1-2H3. The van der Waals surface area contributed by atoms with Crippen LogP contribution in [-0.2, 0) is 0 Å². The molecule has 0 saturated carbocycles. The van der Waals surface area contributed by atoms with E-state index < -0.39 is 0 Å². The Morgan fingerprint density at radius 3 is 2.77 bits per heavy atom. The molecule has 0 heterocycles. The van der Waals surface area contributed by atoms with Crippen LogP contribution in [-0.4, -0.2) is 6.54 Å². The molecule has 0 aliphatic heterocycles. The molecule has 0 spiro atoms. The van der Waals surface area contributed by atoms with Gasteiger partial charge in [0.15, 0.2) is 0 Å². The van der Waals surface area contributed by atoms with Crippen LogP contribution in [0.3, 0.4) is 0 Å². The molecular formula is C11H16FN. The molecule has 2 heteroatoms. The van der Waals surface area contributed by atoms with Gasteiger partial charge in [-0.2, -0.15) is 0 Å². The normalized spacial score (nSPS) is 10.5. The second-order valence-electron chi connectivity index (χ2n) is 3.62. The van der Waals surface area contributed by atoms with Gasteiger partial charge in [-0.25, -0.2) is 4.39 Å². The summed E-state index contributed by atoms with van der Waals surface area (Å²) in [5, 5.41) is 3.18. The molecule has 0 bridgehead atoms. The molecular weight excluding hydrogens is 165 g/mol. The number of anilines is 1. The van der Waals surface area contributed by atoms with E-state index in [2.05, 4.69) is 19.2 Å². The molecule has 1 aromatic rings. The third-order valence-corrected chi connectivity index (χ3v) is 1.88. The maximum Gasteiger partial charge on any atom is 0.125 e. The number of nitrogens with one attached hydrogen (secondary N) is 1. The van der Waals surface area contributed by atoms with Crippen LogP contribution in [0.15, 0.2) is 24.3 Å². The monoisotopic (exact) mass is 181 g/mol. The topological polar surface area (TPSA) is 12.0 Å². The summed E-state index contributed by atoms with van der Waals surface area (Å²) < 4.78 is 12.7. The summed E-state index contributed by atoms with van der Waals surface area (Å²) in [6, 6.07) is 6.56. The van der Waals surface area contributed by atoms with Gasteiger partial charge in [0, 0.05) is 12.2 Å². The summed E-state index contributed by atoms with van der Waals surface area (Å²) in [6.07, 6.45) is 1.11. The molecule has 1 aromatic carbocycles. The minimum Gasteiger partial charge on any atom is -0.385 e. The van der Waals surface area contributed by atoms with Gasteiger partial charge in [-0.05, 0) is 30.5 Å². The van der Waals surface area contributed by atoms with Crippen molar-refractivity contribution < 1.29 is 4.39 Å². The highest BCUT2D eigenvalue weighted by Gasteiger charge is 1.95. The van der Waals surface area contributed by atoms with Gasteiger partial charge in [0.25, 0.3) is 0 Å². The molecule has 1 nitrogen and oxygen atoms in total. The molecule has 72 valence electrons. The van der Waals surface area contributed by atoms with Crippen molar-refractivity contribution in [2.24, 2.45) is 5.92 Å². The van der Waals surface area contributed by atoms with Crippen molar-refractivity contribution in [1.29, 1.82) is 0 Å². The Labute approximate surface area is 79.0 Å². The van der Waals surface area contributed by atoms with Crippen LogP contribution >= 0.6 is 0 Å². The molecule has 0 radical (unpaired) electrons. The van der Waals surface area contributed by atoms with E-state index in [9.17, 15) is 4.39 Å². The van der Waals surface area contributed by atoms with Crippen LogP contribution in [0.5, 0.6) is 0 Å². The lowest BCUT2D eigenvalue weighted by Crippen LogP contribution is -2.04. The van der Waals surface area contributed by atoms with Crippen LogP contribution < -0.4 is 5.32 Å². The second kappa shape index (κ2) is 4.85. The van der Waals surface area contributed by atoms with E-state index in [1.54, 1.807) is 6.07 Å². The maximum atomic E-state index is 12.7. The van der Waals surface area contributed by atoms with E-state index >= 15 is 0 Å². The highest BCUT2D eigenvalue weighted by Crippen LogP contribution is 2.09. The maximum absolute atomic E-state index is 12.7. The SMILES string of the molecule is CC(C)CCNc1cccc(F)c1. The molecule has 1 N–H and O–H groups in total. The lowest BCUT2D eigenvalue weighted by atomic mass is 10.1. The van der Waals surface area contributed by atoms with Crippen molar-refractivity contribution in [3.05, 3.63) is 30.1 Å². The highest BCUT2D eigenvalue weighted by atomic mass is 19.1. The Kier molecular flexibility index (Phi) is 3.74. The van der Waals surface area contributed by atoms with Gasteiger partial charge in [0.1, 0.15) is 5.82 Å². The first-order chi connectivity index (χ1) is 6.18. The molecule has 0 unspecified atom stereocenters. The Bertz CT molecular complexity index is 258. The first-order valence-corrected chi connectivity index (χ1v) is 4.68. The van der Waals surface area contributed by atoms with Crippen LogP contribution in [0, 0.1) is 11.7 Å². The number of rotatable bonds is 4. The zero-order valence-electron chi connectivity index (χ0n) is 8.18. The third kappa shape index (κ3) is 3.92. The minimum atomic E-state index is -0.186. The van der Waals surface area contributed by atoms with Crippen molar-refractivity contribution in [3.8, 4) is 0 Å². The molecule has 1 rings (SSSR count). The fourth-order valence-corrected chi connectivity index (χ4v) is 1.10. The lowest BCUT2D eigenvalue weighted by Gasteiger charge is -2.07. The van der Waals surface area contributed by atoms with Gasteiger partial charge in [-0.3, -0.25) is 0 Å². The zero-order chi connectivity index (χ0) is 9.68. The summed E-state index contributed by atoms with van der Waals surface area (Å²) in [5.41, 5.74) is 0.862. The predicted molar refractivity (Wildman–Crippen MR) is 54.3 cm³/mol. The summed E-state index contributed by atoms with van der Waals surface area (Å²) >= 11 is 0. The minimum absolute atomic E-state index is 0.186. The highest BCUT2D eigenvalue weighted by molar-refractivity contribution is 5.42. The van der Waals surface area contributed by atoms with Crippen molar-refractivity contribution in [2.45, 2.75) is 20.3 Å². The van der Waals surface area contributed by atoms with E-state index in [1.807, 2.05) is 6.07 Å². The smallest absolute Gasteiger partial charge is 0.125 e. The number of benzene rings is 1. The number of halogens is 1. The van der Waals surface area contributed by atoms with E-state index in [-0.39, 0.29) is 5.82 Å². The van der Waals surface area contributed by atoms with E-state index in [0.29, 0.717) is 5.92 Å². The van der Waals surface area contributed by atoms with E-state index in [1.165, 1.54) is 12.1 Å². The van der Waals surface area contributed by atoms with Gasteiger partial charge in [0.2, 0.25) is 0 Å². The van der Waals surface area contributed by atoms with Crippen LogP contribution in [0.1, 0.15) is 20.3 Å². The quantitative estimate of drug-likeness (QED) is 0.751. The number of hydrogen-bond donors (Lipinski definition) is 1. The van der Waals surface area contributed by atoms with Crippen molar-refractivity contribution in [2.75, 3.05) is 11.9 Å². The Morgan fingerprint density at radius 1 is 1.38 bits per heavy atom. The molecule has 0 amide bonds. The molecule has 0 aliphatic carbocycles. The van der Waals surface area contributed by atoms with Gasteiger partial charge in [0.05, 0.1) is 0 Å². The van der Waals surface area contributed by atoms with Crippen molar-refractivity contribution in [3.63, 3.8) is 0 Å². The molecule has 0 atom stereocenters. The summed E-state index contributed by atoms with van der Waals surface area (Å²) in [4.78, 5) is 0. The third-order valence-electron chi connectivity index (χ3n) is 1.88. The molecule has 0 saturated heterocycles. The van der Waals surface area contributed by atoms with Gasteiger partial charge in [-0.15, -0.1) is 0 Å². The van der Waals surface area contributed by atoms with Gasteiger partial charge in [-0.1, -0.05) is 19.9 Å². The van der Waals surface area contributed by atoms with Gasteiger partial charge >= 0.3 is 0 Å². The van der Waals surface area contributed by atoms with Crippen LogP contribution in [0.4, 0.5) is 10.1 Å². The lowest BCUT2D eigenvalue weighted by molar-refractivity contribution is 0.606. The fourth-order valence-electron chi connectivity index (χ4n) is 1.10. The first-order valence-electron chi connectivity index (χ1n) is 4.68. The predicted octanol–water partition coefficient (Wildman–Crippen LogP) is 3.28. The van der Waals surface area contributed by atoms with Gasteiger partial charge < -0.3 is 5.32 Å². The molecule has 13 heavy (non-hydrogen) atoms. The molecule has 0 fully saturated rings. The average molecular weight is 181 g/mol. The average Bonchev–Trinajstić information content (AvgIpc) is 2.03. The van der Waals surface area contributed by atoms with Crippen LogP contribution in [0.2, 0.25) is 0 Å². The van der Waals surface area contributed by atoms with Crippen LogP contribution in [0.25, 0.3) is 0 Å². The molecule has 0 aliphatic rings. The van der Waals surface area contributed by atoms with Crippen molar-refractivity contribution >= 4 is 5.69 Å². The molecule has 0 aromatic heterocycles. The Hall–Kier alpha value is -1.05. The van der Waals surface area contributed by atoms with E-state index in [4.69, 9.17) is 0 Å². The summed E-state index contributed by atoms with van der Waals surface area (Å²) in [7, 11) is 0. The summed E-state index contributed by atoms with van der Waals surface area (Å²) in [6.45, 7) is 5.25. The van der Waals surface area contributed by atoms with E-state index in [0.717, 1.165) is 18.7 Å². The summed E-state index contributed by atoms with van der Waals surface area (Å²) in [5.74, 6) is 0.496. The Morgan fingerprint density at radius 2 is 2.15 bits per heavy atom. The zero-order valence-corrected chi connectivity index (χ0v) is 8.18. The fraction of sp³-hybridized carbons (Fsp3) is 0.455. The Balaban J connectivity index is 2.37. The second-order valence-corrected chi connectivity index (χ2v) is 3.62. The number of hydrogen-bond acceptors (Lipinski definition) is 1. The first kappa shape index (κ1) is 10.0. The van der Waals surface area contributed by atoms with Crippen molar-refractivity contribution in [1.82, 2.24) is 0 Å².